The van der Waals surface area contributed by atoms with E-state index in [0.29, 0.717) is 12.1 Å². The lowest BCUT2D eigenvalue weighted by Crippen LogP contribution is -2.14. The summed E-state index contributed by atoms with van der Waals surface area (Å²) in [6, 6.07) is 1.24. The molecule has 18 heavy (non-hydrogen) atoms. The van der Waals surface area contributed by atoms with Gasteiger partial charge in [0.1, 0.15) is 10.7 Å². The Morgan fingerprint density at radius 3 is 2.39 bits per heavy atom. The highest BCUT2D eigenvalue weighted by Crippen LogP contribution is 2.34. The Balaban J connectivity index is 2.43. The van der Waals surface area contributed by atoms with E-state index in [2.05, 4.69) is 0 Å². The van der Waals surface area contributed by atoms with E-state index in [4.69, 9.17) is 15.4 Å². The largest absolute Gasteiger partial charge is 0.486 e. The molecule has 0 amide bonds. The molecule has 1 aromatic rings. The van der Waals surface area contributed by atoms with Crippen LogP contribution in [0.3, 0.4) is 0 Å². The number of halogens is 3. The molecule has 0 N–H and O–H groups in total. The maximum Gasteiger partial charge on any atom is 0.265 e. The molecule has 0 radical (unpaired) electrons. The lowest BCUT2D eigenvalue weighted by atomic mass is 10.3. The molecule has 1 fully saturated rings. The van der Waals surface area contributed by atoms with Gasteiger partial charge in [0, 0.05) is 16.7 Å². The maximum atomic E-state index is 13.6. The van der Waals surface area contributed by atoms with Crippen LogP contribution in [-0.2, 0) is 9.05 Å². The van der Waals surface area contributed by atoms with Crippen LogP contribution in [0.4, 0.5) is 8.78 Å². The Morgan fingerprint density at radius 1 is 1.22 bits per heavy atom. The van der Waals surface area contributed by atoms with E-state index in [1.54, 1.807) is 0 Å². The molecule has 0 spiro atoms. The fraction of sp³-hybridized carbons (Fsp3) is 0.455. The van der Waals surface area contributed by atoms with E-state index in [9.17, 15) is 17.2 Å². The third kappa shape index (κ3) is 2.92. The van der Waals surface area contributed by atoms with Crippen molar-refractivity contribution in [3.63, 3.8) is 0 Å². The van der Waals surface area contributed by atoms with Crippen LogP contribution in [0.15, 0.2) is 17.0 Å². The molecule has 100 valence electrons. The fourth-order valence-electron chi connectivity index (χ4n) is 2.01. The van der Waals surface area contributed by atoms with E-state index >= 15 is 0 Å². The Bertz CT molecular complexity index is 554. The quantitative estimate of drug-likeness (QED) is 0.804. The SMILES string of the molecule is O=S(=O)(Cl)c1cc(F)cc(F)c1OC1CCCC1. The average Bonchev–Trinajstić information content (AvgIpc) is 2.72. The zero-order chi connectivity index (χ0) is 13.3. The van der Waals surface area contributed by atoms with Gasteiger partial charge in [-0.3, -0.25) is 0 Å². The van der Waals surface area contributed by atoms with Crippen molar-refractivity contribution in [3.8, 4) is 5.75 Å². The minimum absolute atomic E-state index is 0.248. The third-order valence-electron chi connectivity index (χ3n) is 2.82. The highest BCUT2D eigenvalue weighted by Gasteiger charge is 2.26. The molecule has 1 aliphatic carbocycles. The lowest BCUT2D eigenvalue weighted by Gasteiger charge is -2.16. The number of hydrogen-bond acceptors (Lipinski definition) is 3. The first kappa shape index (κ1) is 13.5. The van der Waals surface area contributed by atoms with E-state index in [1.165, 1.54) is 0 Å². The average molecular weight is 297 g/mol. The summed E-state index contributed by atoms with van der Waals surface area (Å²) in [6.45, 7) is 0. The van der Waals surface area contributed by atoms with Gasteiger partial charge in [0.2, 0.25) is 0 Å². The highest BCUT2D eigenvalue weighted by molar-refractivity contribution is 8.13. The first-order valence-corrected chi connectivity index (χ1v) is 7.79. The van der Waals surface area contributed by atoms with Gasteiger partial charge in [-0.1, -0.05) is 0 Å². The topological polar surface area (TPSA) is 43.4 Å². The molecule has 0 aliphatic heterocycles. The van der Waals surface area contributed by atoms with Crippen LogP contribution in [-0.4, -0.2) is 14.5 Å². The standard InChI is InChI=1S/C11H11ClF2O3S/c12-18(15,16)10-6-7(13)5-9(14)11(10)17-8-3-1-2-4-8/h5-6,8H,1-4H2. The predicted octanol–water partition coefficient (Wildman–Crippen LogP) is 3.21. The van der Waals surface area contributed by atoms with E-state index in [1.807, 2.05) is 0 Å². The summed E-state index contributed by atoms with van der Waals surface area (Å²) in [6.07, 6.45) is 3.08. The summed E-state index contributed by atoms with van der Waals surface area (Å²) in [5.41, 5.74) is 0. The van der Waals surface area contributed by atoms with E-state index in [0.717, 1.165) is 25.7 Å². The van der Waals surface area contributed by atoms with Gasteiger partial charge in [-0.05, 0) is 31.7 Å². The summed E-state index contributed by atoms with van der Waals surface area (Å²) in [4.78, 5) is -0.659. The fourth-order valence-corrected chi connectivity index (χ4v) is 2.97. The molecule has 0 unspecified atom stereocenters. The first-order chi connectivity index (χ1) is 8.38. The molecule has 3 nitrogen and oxygen atoms in total. The van der Waals surface area contributed by atoms with Crippen molar-refractivity contribution in [3.05, 3.63) is 23.8 Å². The lowest BCUT2D eigenvalue weighted by molar-refractivity contribution is 0.194. The van der Waals surface area contributed by atoms with Crippen LogP contribution < -0.4 is 4.74 Å². The van der Waals surface area contributed by atoms with Gasteiger partial charge in [0.15, 0.2) is 11.6 Å². The Hall–Kier alpha value is -0.880. The summed E-state index contributed by atoms with van der Waals surface area (Å²) in [5.74, 6) is -2.55. The number of benzene rings is 1. The monoisotopic (exact) mass is 296 g/mol. The molecule has 2 rings (SSSR count). The zero-order valence-corrected chi connectivity index (χ0v) is 10.9. The van der Waals surface area contributed by atoms with E-state index in [-0.39, 0.29) is 6.10 Å². The molecule has 0 bridgehead atoms. The minimum Gasteiger partial charge on any atom is -0.486 e. The van der Waals surface area contributed by atoms with Crippen LogP contribution >= 0.6 is 10.7 Å². The van der Waals surface area contributed by atoms with Gasteiger partial charge in [-0.15, -0.1) is 0 Å². The highest BCUT2D eigenvalue weighted by atomic mass is 35.7. The van der Waals surface area contributed by atoms with Gasteiger partial charge < -0.3 is 4.74 Å². The summed E-state index contributed by atoms with van der Waals surface area (Å²) in [5, 5.41) is 0. The van der Waals surface area contributed by atoms with Crippen LogP contribution in [0.1, 0.15) is 25.7 Å². The molecule has 0 heterocycles. The van der Waals surface area contributed by atoms with Crippen molar-refractivity contribution in [2.24, 2.45) is 0 Å². The maximum absolute atomic E-state index is 13.6. The third-order valence-corrected chi connectivity index (χ3v) is 4.15. The normalized spacial score (nSPS) is 17.1. The molecule has 1 saturated carbocycles. The van der Waals surface area contributed by atoms with Crippen LogP contribution in [0, 0.1) is 11.6 Å². The molecule has 7 heteroatoms. The van der Waals surface area contributed by atoms with Crippen molar-refractivity contribution >= 4 is 19.7 Å². The number of hydrogen-bond donors (Lipinski definition) is 0. The van der Waals surface area contributed by atoms with Gasteiger partial charge in [-0.25, -0.2) is 17.2 Å². The second-order valence-corrected chi connectivity index (χ2v) is 6.71. The molecule has 0 aromatic heterocycles. The Kier molecular flexibility index (Phi) is 3.77. The first-order valence-electron chi connectivity index (χ1n) is 5.48. The number of rotatable bonds is 3. The van der Waals surface area contributed by atoms with Crippen LogP contribution in [0.2, 0.25) is 0 Å². The van der Waals surface area contributed by atoms with Gasteiger partial charge >= 0.3 is 0 Å². The van der Waals surface area contributed by atoms with Crippen molar-refractivity contribution in [2.45, 2.75) is 36.7 Å². The summed E-state index contributed by atoms with van der Waals surface area (Å²) in [7, 11) is 0.899. The van der Waals surface area contributed by atoms with Gasteiger partial charge in [0.05, 0.1) is 6.10 Å². The van der Waals surface area contributed by atoms with Gasteiger partial charge in [-0.2, -0.15) is 0 Å². The second kappa shape index (κ2) is 5.01. The van der Waals surface area contributed by atoms with Gasteiger partial charge in [0.25, 0.3) is 9.05 Å². The molecule has 0 saturated heterocycles. The molecule has 0 atom stereocenters. The van der Waals surface area contributed by atoms with Crippen LogP contribution in [0.25, 0.3) is 0 Å². The van der Waals surface area contributed by atoms with Crippen molar-refractivity contribution in [1.82, 2.24) is 0 Å². The summed E-state index contributed by atoms with van der Waals surface area (Å²) >= 11 is 0. The smallest absolute Gasteiger partial charge is 0.265 e. The molecular weight excluding hydrogens is 286 g/mol. The van der Waals surface area contributed by atoms with E-state index < -0.39 is 31.3 Å². The van der Waals surface area contributed by atoms with Crippen molar-refractivity contribution in [2.75, 3.05) is 0 Å². The van der Waals surface area contributed by atoms with Crippen molar-refractivity contribution in [1.29, 1.82) is 0 Å². The minimum atomic E-state index is -4.25. The molecule has 1 aromatic carbocycles. The number of ether oxygens (including phenoxy) is 1. The van der Waals surface area contributed by atoms with Crippen LogP contribution in [0.5, 0.6) is 5.75 Å². The second-order valence-electron chi connectivity index (χ2n) is 4.18. The summed E-state index contributed by atoms with van der Waals surface area (Å²) < 4.78 is 54.5. The predicted molar refractivity (Wildman–Crippen MR) is 62.3 cm³/mol. The zero-order valence-electron chi connectivity index (χ0n) is 9.33. The Labute approximate surface area is 108 Å². The van der Waals surface area contributed by atoms with Crippen molar-refractivity contribution < 1.29 is 21.9 Å². The molecular formula is C11H11ClF2O3S. The molecule has 1 aliphatic rings. The Morgan fingerprint density at radius 2 is 1.83 bits per heavy atom.